The van der Waals surface area contributed by atoms with Gasteiger partial charge in [0.1, 0.15) is 5.82 Å². The van der Waals surface area contributed by atoms with Crippen molar-refractivity contribution in [3.05, 3.63) is 64.5 Å². The van der Waals surface area contributed by atoms with Crippen LogP contribution in [0.4, 0.5) is 37.3 Å². The molecule has 0 saturated carbocycles. The number of rotatable bonds is 4. The number of nitrogens with one attached hydrogen (secondary N) is 1. The maximum atomic E-state index is 13.0. The second kappa shape index (κ2) is 7.74. The highest BCUT2D eigenvalue weighted by molar-refractivity contribution is 7.14. The van der Waals surface area contributed by atoms with Gasteiger partial charge in [0.25, 0.3) is 0 Å². The van der Waals surface area contributed by atoms with Crippen LogP contribution in [-0.4, -0.2) is 11.2 Å². The fourth-order valence-electron chi connectivity index (χ4n) is 2.38. The summed E-state index contributed by atoms with van der Waals surface area (Å²) in [6.07, 6.45) is -8.37. The van der Waals surface area contributed by atoms with Crippen molar-refractivity contribution < 1.29 is 26.3 Å². The minimum absolute atomic E-state index is 0.0988. The molecule has 1 aromatic heterocycles. The van der Waals surface area contributed by atoms with E-state index in [1.807, 2.05) is 0 Å². The maximum Gasteiger partial charge on any atom is 0.416 e. The second-order valence-electron chi connectivity index (χ2n) is 5.86. The van der Waals surface area contributed by atoms with E-state index in [-0.39, 0.29) is 17.2 Å². The molecule has 3 rings (SSSR count). The highest BCUT2D eigenvalue weighted by atomic mass is 32.1. The normalized spacial score (nSPS) is 12.5. The Morgan fingerprint density at radius 2 is 1.48 bits per heavy atom. The van der Waals surface area contributed by atoms with Crippen LogP contribution >= 0.6 is 11.3 Å². The van der Waals surface area contributed by atoms with Crippen LogP contribution in [0, 0.1) is 0 Å². The first-order valence-corrected chi connectivity index (χ1v) is 8.80. The van der Waals surface area contributed by atoms with Crippen LogP contribution < -0.4 is 11.2 Å². The molecule has 2 aromatic carbocycles. The lowest BCUT2D eigenvalue weighted by atomic mass is 9.98. The van der Waals surface area contributed by atoms with Crippen molar-refractivity contribution in [3.63, 3.8) is 0 Å². The number of nitrogens with two attached hydrogens (primary N) is 1. The van der Waals surface area contributed by atoms with Crippen molar-refractivity contribution in [2.24, 2.45) is 5.10 Å². The molecule has 0 spiro atoms. The van der Waals surface area contributed by atoms with E-state index in [0.717, 1.165) is 0 Å². The summed E-state index contributed by atoms with van der Waals surface area (Å²) in [5.74, 6) is 0.344. The first-order valence-electron chi connectivity index (χ1n) is 7.92. The number of halogens is 6. The van der Waals surface area contributed by atoms with Crippen LogP contribution in [0.2, 0.25) is 0 Å². The molecule has 3 aromatic rings. The zero-order chi connectivity index (χ0) is 21.2. The standard InChI is InChI=1S/C18H12F6N4S/c19-17(20,21)13-5-12(6-14(7-13)18(22,23)24)11-3-1-10(2-4-11)8-26-28-16-27-15(25)9-29-16/h1-9H,25H2,(H,27,28). The maximum absolute atomic E-state index is 13.0. The van der Waals surface area contributed by atoms with Crippen molar-refractivity contribution in [1.82, 2.24) is 4.98 Å². The summed E-state index contributed by atoms with van der Waals surface area (Å²) in [6, 6.07) is 7.34. The third-order valence-corrected chi connectivity index (χ3v) is 4.49. The average Bonchev–Trinajstić information content (AvgIpc) is 3.06. The Morgan fingerprint density at radius 3 is 1.97 bits per heavy atom. The number of anilines is 2. The molecule has 0 aliphatic carbocycles. The van der Waals surface area contributed by atoms with Crippen molar-refractivity contribution in [3.8, 4) is 11.1 Å². The molecular formula is C18H12F6N4S. The molecule has 0 aliphatic heterocycles. The number of thiazole rings is 1. The number of benzene rings is 2. The number of hydrazone groups is 1. The predicted octanol–water partition coefficient (Wildman–Crippen LogP) is 5.88. The van der Waals surface area contributed by atoms with E-state index in [4.69, 9.17) is 5.73 Å². The SMILES string of the molecule is Nc1csc(NN=Cc2ccc(-c3cc(C(F)(F)F)cc(C(F)(F)F)c3)cc2)n1. The molecule has 0 unspecified atom stereocenters. The fourth-order valence-corrected chi connectivity index (χ4v) is 2.93. The Hall–Kier alpha value is -3.08. The van der Waals surface area contributed by atoms with Gasteiger partial charge in [-0.05, 0) is 34.9 Å². The monoisotopic (exact) mass is 430 g/mol. The Morgan fingerprint density at radius 1 is 0.897 bits per heavy atom. The van der Waals surface area contributed by atoms with Gasteiger partial charge in [0.2, 0.25) is 5.13 Å². The third kappa shape index (κ3) is 5.25. The van der Waals surface area contributed by atoms with E-state index in [1.165, 1.54) is 41.8 Å². The Bertz CT molecular complexity index is 990. The molecule has 1 heterocycles. The minimum atomic E-state index is -4.90. The summed E-state index contributed by atoms with van der Waals surface area (Å²) >= 11 is 1.25. The molecule has 0 atom stereocenters. The van der Waals surface area contributed by atoms with Gasteiger partial charge in [-0.15, -0.1) is 11.3 Å². The smallest absolute Gasteiger partial charge is 0.383 e. The number of hydrogen-bond acceptors (Lipinski definition) is 5. The Balaban J connectivity index is 1.85. The first-order chi connectivity index (χ1) is 13.5. The largest absolute Gasteiger partial charge is 0.416 e. The molecular weight excluding hydrogens is 418 g/mol. The van der Waals surface area contributed by atoms with Gasteiger partial charge in [0, 0.05) is 5.38 Å². The number of nitrogen functional groups attached to an aromatic ring is 1. The summed E-state index contributed by atoms with van der Waals surface area (Å²) in [6.45, 7) is 0. The van der Waals surface area contributed by atoms with Gasteiger partial charge in [0.05, 0.1) is 17.3 Å². The van der Waals surface area contributed by atoms with E-state index in [0.29, 0.717) is 28.6 Å². The van der Waals surface area contributed by atoms with Crippen LogP contribution in [0.15, 0.2) is 52.9 Å². The van der Waals surface area contributed by atoms with Gasteiger partial charge in [-0.1, -0.05) is 24.3 Å². The van der Waals surface area contributed by atoms with Crippen molar-refractivity contribution in [1.29, 1.82) is 0 Å². The lowest BCUT2D eigenvalue weighted by Gasteiger charge is -2.14. The van der Waals surface area contributed by atoms with Crippen LogP contribution in [-0.2, 0) is 12.4 Å². The Labute approximate surface area is 164 Å². The van der Waals surface area contributed by atoms with Crippen LogP contribution in [0.3, 0.4) is 0 Å². The zero-order valence-electron chi connectivity index (χ0n) is 14.3. The molecule has 0 bridgehead atoms. The molecule has 0 aliphatic rings. The topological polar surface area (TPSA) is 63.3 Å². The predicted molar refractivity (Wildman–Crippen MR) is 99.6 cm³/mol. The zero-order valence-corrected chi connectivity index (χ0v) is 15.2. The van der Waals surface area contributed by atoms with Crippen molar-refractivity contribution in [2.45, 2.75) is 12.4 Å². The lowest BCUT2D eigenvalue weighted by molar-refractivity contribution is -0.143. The van der Waals surface area contributed by atoms with Crippen molar-refractivity contribution in [2.75, 3.05) is 11.2 Å². The van der Waals surface area contributed by atoms with Crippen LogP contribution in [0.1, 0.15) is 16.7 Å². The molecule has 4 nitrogen and oxygen atoms in total. The van der Waals surface area contributed by atoms with E-state index in [1.54, 1.807) is 5.38 Å². The van der Waals surface area contributed by atoms with Gasteiger partial charge in [-0.2, -0.15) is 31.4 Å². The quantitative estimate of drug-likeness (QED) is 0.309. The summed E-state index contributed by atoms with van der Waals surface area (Å²) in [5, 5.41) is 6.03. The molecule has 0 amide bonds. The van der Waals surface area contributed by atoms with Gasteiger partial charge < -0.3 is 5.73 Å². The van der Waals surface area contributed by atoms with Gasteiger partial charge in [-0.25, -0.2) is 4.98 Å². The first kappa shape index (κ1) is 20.6. The number of nitrogens with zero attached hydrogens (tertiary/aromatic N) is 2. The minimum Gasteiger partial charge on any atom is -0.383 e. The summed E-state index contributed by atoms with van der Waals surface area (Å²) in [4.78, 5) is 3.94. The molecule has 0 radical (unpaired) electrons. The molecule has 11 heteroatoms. The number of hydrogen-bond donors (Lipinski definition) is 2. The highest BCUT2D eigenvalue weighted by Crippen LogP contribution is 2.38. The number of alkyl halides is 6. The molecule has 152 valence electrons. The van der Waals surface area contributed by atoms with Gasteiger partial charge in [0.15, 0.2) is 0 Å². The van der Waals surface area contributed by atoms with E-state index in [2.05, 4.69) is 15.5 Å². The van der Waals surface area contributed by atoms with Gasteiger partial charge >= 0.3 is 12.4 Å². The molecule has 0 saturated heterocycles. The summed E-state index contributed by atoms with van der Waals surface area (Å²) in [5.41, 5.74) is 6.01. The van der Waals surface area contributed by atoms with Gasteiger partial charge in [-0.3, -0.25) is 5.43 Å². The highest BCUT2D eigenvalue weighted by Gasteiger charge is 2.36. The lowest BCUT2D eigenvalue weighted by Crippen LogP contribution is -2.11. The van der Waals surface area contributed by atoms with Crippen LogP contribution in [0.25, 0.3) is 11.1 Å². The molecule has 29 heavy (non-hydrogen) atoms. The van der Waals surface area contributed by atoms with Crippen molar-refractivity contribution >= 4 is 28.5 Å². The summed E-state index contributed by atoms with van der Waals surface area (Å²) < 4.78 is 78.0. The average molecular weight is 430 g/mol. The second-order valence-corrected chi connectivity index (χ2v) is 6.72. The molecule has 3 N–H and O–H groups in total. The fraction of sp³-hybridized carbons (Fsp3) is 0.111. The van der Waals surface area contributed by atoms with E-state index in [9.17, 15) is 26.3 Å². The summed E-state index contributed by atoms with van der Waals surface area (Å²) in [7, 11) is 0. The van der Waals surface area contributed by atoms with E-state index >= 15 is 0 Å². The van der Waals surface area contributed by atoms with Crippen LogP contribution in [0.5, 0.6) is 0 Å². The Kier molecular flexibility index (Phi) is 5.51. The number of aromatic nitrogens is 1. The molecule has 0 fully saturated rings. The third-order valence-electron chi connectivity index (χ3n) is 3.73. The van der Waals surface area contributed by atoms with E-state index < -0.39 is 23.5 Å².